The largest absolute Gasteiger partial charge is 0.481 e. The van der Waals surface area contributed by atoms with Gasteiger partial charge in [-0.3, -0.25) is 9.59 Å². The minimum atomic E-state index is -0.881. The molecule has 0 unspecified atom stereocenters. The van der Waals surface area contributed by atoms with E-state index >= 15 is 0 Å². The molecule has 0 aliphatic carbocycles. The van der Waals surface area contributed by atoms with Crippen molar-refractivity contribution in [3.05, 3.63) is 34.9 Å². The van der Waals surface area contributed by atoms with E-state index in [2.05, 4.69) is 0 Å². The zero-order valence-electron chi connectivity index (χ0n) is 9.06. The molecule has 16 heavy (non-hydrogen) atoms. The van der Waals surface area contributed by atoms with Crippen molar-refractivity contribution in [3.63, 3.8) is 0 Å². The van der Waals surface area contributed by atoms with Crippen molar-refractivity contribution in [1.82, 2.24) is 0 Å². The molecule has 0 saturated carbocycles. The molecule has 1 rings (SSSR count). The van der Waals surface area contributed by atoms with Gasteiger partial charge >= 0.3 is 11.9 Å². The highest BCUT2D eigenvalue weighted by Crippen LogP contribution is 2.14. The maximum Gasteiger partial charge on any atom is 0.307 e. The summed E-state index contributed by atoms with van der Waals surface area (Å²) in [5.74, 6) is -1.73. The van der Waals surface area contributed by atoms with E-state index in [1.807, 2.05) is 13.0 Å². The fraction of sp³-hybridized carbons (Fsp3) is 0.333. The molecule has 0 heterocycles. The topological polar surface area (TPSA) is 74.6 Å². The van der Waals surface area contributed by atoms with Crippen LogP contribution in [0, 0.1) is 6.92 Å². The highest BCUT2D eigenvalue weighted by molar-refractivity contribution is 5.70. The molecule has 1 aromatic rings. The molecular weight excluding hydrogens is 208 g/mol. The van der Waals surface area contributed by atoms with Crippen LogP contribution in [0.4, 0.5) is 0 Å². The highest BCUT2D eigenvalue weighted by Gasteiger charge is 2.06. The minimum absolute atomic E-state index is 0.0274. The minimum Gasteiger partial charge on any atom is -0.481 e. The molecular formula is C12H14O4. The molecule has 0 radical (unpaired) electrons. The van der Waals surface area contributed by atoms with E-state index in [-0.39, 0.29) is 12.8 Å². The Bertz CT molecular complexity index is 409. The highest BCUT2D eigenvalue weighted by atomic mass is 16.4. The zero-order chi connectivity index (χ0) is 12.1. The van der Waals surface area contributed by atoms with E-state index in [0.29, 0.717) is 12.0 Å². The summed E-state index contributed by atoms with van der Waals surface area (Å²) in [7, 11) is 0. The molecule has 1 aromatic carbocycles. The van der Waals surface area contributed by atoms with Crippen molar-refractivity contribution in [3.8, 4) is 0 Å². The summed E-state index contributed by atoms with van der Waals surface area (Å²) >= 11 is 0. The van der Waals surface area contributed by atoms with Gasteiger partial charge in [-0.2, -0.15) is 0 Å². The van der Waals surface area contributed by atoms with Crippen LogP contribution in [0.5, 0.6) is 0 Å². The van der Waals surface area contributed by atoms with Crippen LogP contribution in [-0.4, -0.2) is 22.2 Å². The first-order valence-corrected chi connectivity index (χ1v) is 5.01. The normalized spacial score (nSPS) is 10.1. The first-order valence-electron chi connectivity index (χ1n) is 5.01. The van der Waals surface area contributed by atoms with E-state index in [1.165, 1.54) is 0 Å². The van der Waals surface area contributed by atoms with Crippen LogP contribution in [0.25, 0.3) is 0 Å². The van der Waals surface area contributed by atoms with Gasteiger partial charge in [0.1, 0.15) is 0 Å². The third-order valence-corrected chi connectivity index (χ3v) is 2.38. The van der Waals surface area contributed by atoms with E-state index in [0.717, 1.165) is 11.1 Å². The summed E-state index contributed by atoms with van der Waals surface area (Å²) in [6, 6.07) is 5.36. The molecule has 0 amide bonds. The number of carboxylic acids is 2. The van der Waals surface area contributed by atoms with E-state index in [4.69, 9.17) is 10.2 Å². The monoisotopic (exact) mass is 222 g/mol. The molecule has 0 saturated heterocycles. The first kappa shape index (κ1) is 12.2. The summed E-state index contributed by atoms with van der Waals surface area (Å²) in [6.07, 6.45) is 0.479. The summed E-state index contributed by atoms with van der Waals surface area (Å²) < 4.78 is 0. The lowest BCUT2D eigenvalue weighted by Gasteiger charge is -2.06. The quantitative estimate of drug-likeness (QED) is 0.794. The van der Waals surface area contributed by atoms with Gasteiger partial charge in [0, 0.05) is 6.42 Å². The maximum atomic E-state index is 10.5. The lowest BCUT2D eigenvalue weighted by Crippen LogP contribution is -2.03. The van der Waals surface area contributed by atoms with Crippen LogP contribution in [0.15, 0.2) is 18.2 Å². The average molecular weight is 222 g/mol. The van der Waals surface area contributed by atoms with E-state index < -0.39 is 11.9 Å². The third kappa shape index (κ3) is 3.73. The molecule has 4 nitrogen and oxygen atoms in total. The average Bonchev–Trinajstić information content (AvgIpc) is 2.18. The lowest BCUT2D eigenvalue weighted by atomic mass is 9.99. The van der Waals surface area contributed by atoms with Gasteiger partial charge in [0.05, 0.1) is 6.42 Å². The second-order valence-electron chi connectivity index (χ2n) is 3.73. The number of carboxylic acid groups (broad SMARTS) is 2. The molecule has 86 valence electrons. The van der Waals surface area contributed by atoms with Crippen LogP contribution < -0.4 is 0 Å². The Labute approximate surface area is 93.5 Å². The molecule has 0 aromatic heterocycles. The van der Waals surface area contributed by atoms with E-state index in [9.17, 15) is 9.59 Å². The van der Waals surface area contributed by atoms with Gasteiger partial charge < -0.3 is 10.2 Å². The van der Waals surface area contributed by atoms with Crippen LogP contribution in [0.3, 0.4) is 0 Å². The van der Waals surface area contributed by atoms with Crippen LogP contribution in [-0.2, 0) is 22.4 Å². The maximum absolute atomic E-state index is 10.5. The van der Waals surface area contributed by atoms with Crippen molar-refractivity contribution in [2.24, 2.45) is 0 Å². The number of benzene rings is 1. The van der Waals surface area contributed by atoms with Gasteiger partial charge in [0.25, 0.3) is 0 Å². The molecule has 2 N–H and O–H groups in total. The summed E-state index contributed by atoms with van der Waals surface area (Å²) in [4.78, 5) is 21.0. The van der Waals surface area contributed by atoms with Gasteiger partial charge in [-0.25, -0.2) is 0 Å². The predicted octanol–water partition coefficient (Wildman–Crippen LogP) is 1.64. The number of rotatable bonds is 5. The second-order valence-corrected chi connectivity index (χ2v) is 3.73. The van der Waals surface area contributed by atoms with Gasteiger partial charge in [-0.1, -0.05) is 18.2 Å². The number of hydrogen-bond donors (Lipinski definition) is 2. The first-order chi connectivity index (χ1) is 7.49. The molecule has 0 fully saturated rings. The van der Waals surface area contributed by atoms with Crippen molar-refractivity contribution in [2.45, 2.75) is 26.2 Å². The van der Waals surface area contributed by atoms with Crippen molar-refractivity contribution in [1.29, 1.82) is 0 Å². The fourth-order valence-electron chi connectivity index (χ4n) is 1.52. The summed E-state index contributed by atoms with van der Waals surface area (Å²) in [6.45, 7) is 1.89. The third-order valence-electron chi connectivity index (χ3n) is 2.38. The van der Waals surface area contributed by atoms with Crippen LogP contribution in [0.2, 0.25) is 0 Å². The van der Waals surface area contributed by atoms with Gasteiger partial charge in [-0.05, 0) is 30.0 Å². The van der Waals surface area contributed by atoms with Crippen LogP contribution in [0.1, 0.15) is 23.1 Å². The standard InChI is InChI=1S/C12H14O4/c1-8-2-3-9(7-12(15)16)6-10(8)4-5-11(13)14/h2-3,6H,4-5,7H2,1H3,(H,13,14)(H,15,16). The van der Waals surface area contributed by atoms with Crippen molar-refractivity contribution in [2.75, 3.05) is 0 Å². The van der Waals surface area contributed by atoms with Gasteiger partial charge in [-0.15, -0.1) is 0 Å². The molecule has 0 spiro atoms. The Kier molecular flexibility index (Phi) is 4.05. The predicted molar refractivity (Wildman–Crippen MR) is 58.5 cm³/mol. The van der Waals surface area contributed by atoms with Crippen molar-refractivity contribution < 1.29 is 19.8 Å². The summed E-state index contributed by atoms with van der Waals surface area (Å²) in [5.41, 5.74) is 2.61. The molecule has 0 aliphatic heterocycles. The smallest absolute Gasteiger partial charge is 0.307 e. The fourth-order valence-corrected chi connectivity index (χ4v) is 1.52. The lowest BCUT2D eigenvalue weighted by molar-refractivity contribution is -0.137. The molecule has 4 heteroatoms. The van der Waals surface area contributed by atoms with Gasteiger partial charge in [0.15, 0.2) is 0 Å². The molecule has 0 atom stereocenters. The molecule has 0 aliphatic rings. The Morgan fingerprint density at radius 3 is 2.44 bits per heavy atom. The Morgan fingerprint density at radius 2 is 1.88 bits per heavy atom. The summed E-state index contributed by atoms with van der Waals surface area (Å²) in [5, 5.41) is 17.2. The Balaban J connectivity index is 2.81. The molecule has 0 bridgehead atoms. The number of carbonyl (C=O) groups is 2. The number of hydrogen-bond acceptors (Lipinski definition) is 2. The van der Waals surface area contributed by atoms with E-state index in [1.54, 1.807) is 12.1 Å². The van der Waals surface area contributed by atoms with Gasteiger partial charge in [0.2, 0.25) is 0 Å². The zero-order valence-corrected chi connectivity index (χ0v) is 9.06. The Morgan fingerprint density at radius 1 is 1.19 bits per heavy atom. The number of aliphatic carboxylic acids is 2. The van der Waals surface area contributed by atoms with Crippen molar-refractivity contribution >= 4 is 11.9 Å². The van der Waals surface area contributed by atoms with Crippen LogP contribution >= 0.6 is 0 Å². The Hall–Kier alpha value is -1.84. The second kappa shape index (κ2) is 5.30. The number of aryl methyl sites for hydroxylation is 2. The SMILES string of the molecule is Cc1ccc(CC(=O)O)cc1CCC(=O)O.